The Labute approximate surface area is 113 Å². The minimum Gasteiger partial charge on any atom is -0.261 e. The lowest BCUT2D eigenvalue weighted by atomic mass is 10.3. The standard InChI is InChI=1S/C11H12FN3O3S/c1-3-18-14-10(16)13(2)19-15(11(14)17)9-7-5-4-6-8(9)12/h4-7H,3H2,1-2H3. The lowest BCUT2D eigenvalue weighted by molar-refractivity contribution is -0.0758. The number of imide groups is 1. The van der Waals surface area contributed by atoms with Gasteiger partial charge in [0.25, 0.3) is 0 Å². The maximum Gasteiger partial charge on any atom is 0.369 e. The second-order valence-electron chi connectivity index (χ2n) is 3.60. The molecule has 6 nitrogen and oxygen atoms in total. The fourth-order valence-corrected chi connectivity index (χ4v) is 2.26. The van der Waals surface area contributed by atoms with E-state index in [2.05, 4.69) is 0 Å². The zero-order valence-electron chi connectivity index (χ0n) is 10.4. The Morgan fingerprint density at radius 3 is 2.58 bits per heavy atom. The fraction of sp³-hybridized carbons (Fsp3) is 0.273. The van der Waals surface area contributed by atoms with Crippen molar-refractivity contribution in [2.75, 3.05) is 18.0 Å². The van der Waals surface area contributed by atoms with E-state index in [1.165, 1.54) is 29.6 Å². The van der Waals surface area contributed by atoms with Gasteiger partial charge in [-0.2, -0.15) is 0 Å². The summed E-state index contributed by atoms with van der Waals surface area (Å²) < 4.78 is 16.0. The van der Waals surface area contributed by atoms with E-state index in [0.29, 0.717) is 5.06 Å². The van der Waals surface area contributed by atoms with E-state index in [-0.39, 0.29) is 12.3 Å². The SMILES string of the molecule is CCON1C(=O)N(C)SN(c2ccccc2F)C1=O. The molecule has 102 valence electrons. The normalized spacial score (nSPS) is 16.3. The number of amides is 4. The van der Waals surface area contributed by atoms with Gasteiger partial charge in [0, 0.05) is 7.05 Å². The zero-order chi connectivity index (χ0) is 14.0. The number of halogens is 1. The van der Waals surface area contributed by atoms with Crippen LogP contribution in [-0.4, -0.2) is 35.1 Å². The first kappa shape index (κ1) is 13.6. The first-order valence-electron chi connectivity index (χ1n) is 5.53. The zero-order valence-corrected chi connectivity index (χ0v) is 11.2. The molecular weight excluding hydrogens is 273 g/mol. The van der Waals surface area contributed by atoms with Crippen molar-refractivity contribution in [3.8, 4) is 0 Å². The van der Waals surface area contributed by atoms with Gasteiger partial charge in [0.15, 0.2) is 0 Å². The van der Waals surface area contributed by atoms with Gasteiger partial charge in [0.1, 0.15) is 5.82 Å². The van der Waals surface area contributed by atoms with Gasteiger partial charge in [0.2, 0.25) is 0 Å². The Morgan fingerprint density at radius 1 is 1.26 bits per heavy atom. The number of carbonyl (C=O) groups is 2. The number of carbonyl (C=O) groups excluding carboxylic acids is 2. The van der Waals surface area contributed by atoms with Gasteiger partial charge in [0.05, 0.1) is 24.4 Å². The Balaban J connectivity index is 2.34. The summed E-state index contributed by atoms with van der Waals surface area (Å²) in [6, 6.07) is 4.48. The summed E-state index contributed by atoms with van der Waals surface area (Å²) in [5.74, 6) is -0.553. The third-order valence-electron chi connectivity index (χ3n) is 2.32. The molecule has 0 radical (unpaired) electrons. The molecule has 19 heavy (non-hydrogen) atoms. The van der Waals surface area contributed by atoms with Crippen molar-refractivity contribution in [1.82, 2.24) is 9.37 Å². The maximum absolute atomic E-state index is 13.7. The molecule has 0 N–H and O–H groups in total. The van der Waals surface area contributed by atoms with E-state index in [1.54, 1.807) is 13.0 Å². The molecule has 1 fully saturated rings. The minimum atomic E-state index is -0.736. The van der Waals surface area contributed by atoms with Gasteiger partial charge >= 0.3 is 12.1 Å². The monoisotopic (exact) mass is 285 g/mol. The average Bonchev–Trinajstić information content (AvgIpc) is 2.40. The molecule has 1 aliphatic heterocycles. The van der Waals surface area contributed by atoms with Crippen LogP contribution in [0.2, 0.25) is 0 Å². The van der Waals surface area contributed by atoms with Crippen molar-refractivity contribution in [3.63, 3.8) is 0 Å². The van der Waals surface area contributed by atoms with Gasteiger partial charge in [-0.05, 0) is 19.1 Å². The van der Waals surface area contributed by atoms with Crippen molar-refractivity contribution in [1.29, 1.82) is 0 Å². The Morgan fingerprint density at radius 2 is 1.95 bits per heavy atom. The summed E-state index contributed by atoms with van der Waals surface area (Å²) in [5, 5.41) is 0.614. The Kier molecular flexibility index (Phi) is 3.91. The van der Waals surface area contributed by atoms with Crippen LogP contribution in [-0.2, 0) is 4.84 Å². The molecule has 0 unspecified atom stereocenters. The van der Waals surface area contributed by atoms with Crippen LogP contribution < -0.4 is 4.31 Å². The molecular formula is C11H12FN3O3S. The Hall–Kier alpha value is -1.80. The minimum absolute atomic E-state index is 0.0709. The molecule has 4 amide bonds. The van der Waals surface area contributed by atoms with E-state index in [4.69, 9.17) is 4.84 Å². The van der Waals surface area contributed by atoms with Crippen LogP contribution >= 0.6 is 12.1 Å². The molecule has 8 heteroatoms. The first-order valence-corrected chi connectivity index (χ1v) is 6.26. The number of hydrogen-bond acceptors (Lipinski definition) is 4. The van der Waals surface area contributed by atoms with Gasteiger partial charge in [-0.25, -0.2) is 18.3 Å². The smallest absolute Gasteiger partial charge is 0.261 e. The number of hydroxylamine groups is 2. The van der Waals surface area contributed by atoms with Crippen molar-refractivity contribution in [3.05, 3.63) is 30.1 Å². The van der Waals surface area contributed by atoms with E-state index in [9.17, 15) is 14.0 Å². The van der Waals surface area contributed by atoms with E-state index >= 15 is 0 Å². The van der Waals surface area contributed by atoms with Crippen LogP contribution in [0.15, 0.2) is 24.3 Å². The molecule has 2 rings (SSSR count). The van der Waals surface area contributed by atoms with Crippen molar-refractivity contribution in [2.45, 2.75) is 6.92 Å². The van der Waals surface area contributed by atoms with Crippen molar-refractivity contribution < 1.29 is 18.8 Å². The van der Waals surface area contributed by atoms with Crippen molar-refractivity contribution >= 4 is 29.9 Å². The number of anilines is 1. The highest BCUT2D eigenvalue weighted by atomic mass is 32.2. The van der Waals surface area contributed by atoms with Crippen LogP contribution in [0.3, 0.4) is 0 Å². The van der Waals surface area contributed by atoms with Crippen LogP contribution in [0.25, 0.3) is 0 Å². The summed E-state index contributed by atoms with van der Waals surface area (Å²) in [6.45, 7) is 1.80. The van der Waals surface area contributed by atoms with Crippen LogP contribution in [0, 0.1) is 5.82 Å². The molecule has 1 saturated heterocycles. The van der Waals surface area contributed by atoms with Crippen LogP contribution in [0.1, 0.15) is 6.92 Å². The van der Waals surface area contributed by atoms with Gasteiger partial charge in [-0.1, -0.05) is 12.1 Å². The summed E-state index contributed by atoms with van der Waals surface area (Å²) >= 11 is 0.805. The fourth-order valence-electron chi connectivity index (χ4n) is 1.49. The van der Waals surface area contributed by atoms with Gasteiger partial charge < -0.3 is 0 Å². The number of urea groups is 2. The molecule has 1 aliphatic rings. The number of rotatable bonds is 3. The number of benzene rings is 1. The molecule has 0 aromatic heterocycles. The van der Waals surface area contributed by atoms with Gasteiger partial charge in [-0.3, -0.25) is 9.14 Å². The molecule has 0 spiro atoms. The van der Waals surface area contributed by atoms with Gasteiger partial charge in [-0.15, -0.1) is 5.06 Å². The highest BCUT2D eigenvalue weighted by molar-refractivity contribution is 7.99. The Bertz CT molecular complexity index is 514. The lowest BCUT2D eigenvalue weighted by Crippen LogP contribution is -2.53. The van der Waals surface area contributed by atoms with E-state index < -0.39 is 17.9 Å². The summed E-state index contributed by atoms with van der Waals surface area (Å²) in [7, 11) is 1.47. The predicted molar refractivity (Wildman–Crippen MR) is 68.5 cm³/mol. The maximum atomic E-state index is 13.7. The van der Waals surface area contributed by atoms with E-state index in [0.717, 1.165) is 16.4 Å². The molecule has 0 atom stereocenters. The molecule has 1 aromatic carbocycles. The third-order valence-corrected chi connectivity index (χ3v) is 3.24. The molecule has 1 aromatic rings. The van der Waals surface area contributed by atoms with Crippen molar-refractivity contribution in [2.24, 2.45) is 0 Å². The highest BCUT2D eigenvalue weighted by Crippen LogP contribution is 2.32. The topological polar surface area (TPSA) is 53.1 Å². The number of nitrogens with zero attached hydrogens (tertiary/aromatic N) is 3. The molecule has 0 bridgehead atoms. The van der Waals surface area contributed by atoms with Crippen LogP contribution in [0.5, 0.6) is 0 Å². The van der Waals surface area contributed by atoms with Crippen LogP contribution in [0.4, 0.5) is 19.7 Å². The third kappa shape index (κ3) is 2.49. The highest BCUT2D eigenvalue weighted by Gasteiger charge is 2.39. The second-order valence-corrected chi connectivity index (χ2v) is 4.68. The molecule has 0 aliphatic carbocycles. The van der Waals surface area contributed by atoms with E-state index in [1.807, 2.05) is 0 Å². The largest absolute Gasteiger partial charge is 0.369 e. The number of para-hydroxylation sites is 1. The summed E-state index contributed by atoms with van der Waals surface area (Å²) in [4.78, 5) is 28.9. The lowest BCUT2D eigenvalue weighted by Gasteiger charge is -2.36. The quantitative estimate of drug-likeness (QED) is 0.801. The predicted octanol–water partition coefficient (Wildman–Crippen LogP) is 2.63. The first-order chi connectivity index (χ1) is 9.06. The summed E-state index contributed by atoms with van der Waals surface area (Å²) in [5.41, 5.74) is 0.0709. The summed E-state index contributed by atoms with van der Waals surface area (Å²) in [6.07, 6.45) is 0. The molecule has 0 saturated carbocycles. The number of hydrogen-bond donors (Lipinski definition) is 0. The second kappa shape index (κ2) is 5.45. The molecule has 1 heterocycles. The average molecular weight is 285 g/mol.